The van der Waals surface area contributed by atoms with E-state index >= 15 is 0 Å². The summed E-state index contributed by atoms with van der Waals surface area (Å²) in [5.74, 6) is -6.87. The van der Waals surface area contributed by atoms with Crippen LogP contribution in [0.2, 0.25) is 0 Å². The Morgan fingerprint density at radius 3 is 2.65 bits per heavy atom. The Bertz CT molecular complexity index is 1280. The number of amidine groups is 1. The third-order valence-corrected chi connectivity index (χ3v) is 5.83. The number of hydrogen-bond donors (Lipinski definition) is 2. The SMILES string of the molecule is CCOC(=O)OC1=C(CN2CC(F)(F)C[C@H]2C(=O)O)NC(c2nccn2C)=N[C@H]1c1ccc(F)c(F)c1. The van der Waals surface area contributed by atoms with Gasteiger partial charge < -0.3 is 24.5 Å². The summed E-state index contributed by atoms with van der Waals surface area (Å²) < 4.78 is 68.0. The number of alkyl halides is 2. The second kappa shape index (κ2) is 10.2. The molecule has 198 valence electrons. The van der Waals surface area contributed by atoms with Crippen molar-refractivity contribution < 1.29 is 41.7 Å². The van der Waals surface area contributed by atoms with Crippen LogP contribution in [0.25, 0.3) is 0 Å². The zero-order valence-electron chi connectivity index (χ0n) is 19.8. The van der Waals surface area contributed by atoms with E-state index in [1.807, 2.05) is 0 Å². The maximum absolute atomic E-state index is 14.2. The lowest BCUT2D eigenvalue weighted by Crippen LogP contribution is -2.43. The molecule has 0 unspecified atom stereocenters. The number of carboxylic acid groups (broad SMARTS) is 1. The summed E-state index contributed by atoms with van der Waals surface area (Å²) >= 11 is 0. The van der Waals surface area contributed by atoms with Crippen molar-refractivity contribution in [1.29, 1.82) is 0 Å². The van der Waals surface area contributed by atoms with Crippen LogP contribution in [-0.2, 0) is 21.3 Å². The van der Waals surface area contributed by atoms with E-state index in [0.29, 0.717) is 5.82 Å². The highest BCUT2D eigenvalue weighted by atomic mass is 19.3. The van der Waals surface area contributed by atoms with E-state index in [4.69, 9.17) is 9.47 Å². The molecule has 2 aliphatic rings. The number of carbonyl (C=O) groups excluding carboxylic acids is 1. The van der Waals surface area contributed by atoms with Gasteiger partial charge in [0.25, 0.3) is 5.92 Å². The average Bonchev–Trinajstić information content (AvgIpc) is 3.38. The first kappa shape index (κ1) is 26.1. The largest absolute Gasteiger partial charge is 0.513 e. The van der Waals surface area contributed by atoms with Gasteiger partial charge in [0.15, 0.2) is 29.1 Å². The number of likely N-dealkylation sites (tertiary alicyclic amines) is 1. The summed E-state index contributed by atoms with van der Waals surface area (Å²) in [6.07, 6.45) is 1.03. The van der Waals surface area contributed by atoms with Crippen LogP contribution >= 0.6 is 0 Å². The number of imidazole rings is 1. The van der Waals surface area contributed by atoms with Gasteiger partial charge in [-0.3, -0.25) is 9.69 Å². The van der Waals surface area contributed by atoms with Crippen LogP contribution in [0.15, 0.2) is 47.0 Å². The average molecular weight is 525 g/mol. The molecule has 0 aliphatic carbocycles. The minimum Gasteiger partial charge on any atom is -0.480 e. The Morgan fingerprint density at radius 1 is 1.27 bits per heavy atom. The summed E-state index contributed by atoms with van der Waals surface area (Å²) in [6.45, 7) is 0.188. The summed E-state index contributed by atoms with van der Waals surface area (Å²) in [5, 5.41) is 12.4. The highest BCUT2D eigenvalue weighted by Gasteiger charge is 2.49. The van der Waals surface area contributed by atoms with Gasteiger partial charge in [0.1, 0.15) is 12.1 Å². The van der Waals surface area contributed by atoms with Gasteiger partial charge in [-0.1, -0.05) is 6.07 Å². The van der Waals surface area contributed by atoms with Gasteiger partial charge in [-0.2, -0.15) is 0 Å². The molecular formula is C23H23F4N5O5. The Balaban J connectivity index is 1.83. The first-order valence-electron chi connectivity index (χ1n) is 11.2. The lowest BCUT2D eigenvalue weighted by atomic mass is 10.0. The minimum atomic E-state index is -3.27. The Kier molecular flexibility index (Phi) is 7.21. The number of halogens is 4. The van der Waals surface area contributed by atoms with Crippen LogP contribution in [0.4, 0.5) is 22.4 Å². The molecule has 1 fully saturated rings. The number of aromatic nitrogens is 2. The lowest BCUT2D eigenvalue weighted by Gasteiger charge is -2.30. The molecule has 4 rings (SSSR count). The highest BCUT2D eigenvalue weighted by molar-refractivity contribution is 5.98. The van der Waals surface area contributed by atoms with Crippen molar-refractivity contribution in [1.82, 2.24) is 19.8 Å². The van der Waals surface area contributed by atoms with Gasteiger partial charge in [-0.05, 0) is 24.6 Å². The normalized spacial score (nSPS) is 21.4. The number of rotatable bonds is 7. The molecule has 0 spiro atoms. The van der Waals surface area contributed by atoms with Crippen LogP contribution in [0.1, 0.15) is 30.8 Å². The van der Waals surface area contributed by atoms with E-state index < -0.39 is 61.3 Å². The Morgan fingerprint density at radius 2 is 2.03 bits per heavy atom. The second-order valence-corrected chi connectivity index (χ2v) is 8.49. The molecule has 3 heterocycles. The molecule has 1 aromatic heterocycles. The molecule has 2 aliphatic heterocycles. The summed E-state index contributed by atoms with van der Waals surface area (Å²) in [6, 6.07) is 0.177. The molecule has 2 N–H and O–H groups in total. The van der Waals surface area contributed by atoms with Crippen molar-refractivity contribution in [3.63, 3.8) is 0 Å². The minimum absolute atomic E-state index is 0.000244. The van der Waals surface area contributed by atoms with Gasteiger partial charge in [-0.15, -0.1) is 0 Å². The van der Waals surface area contributed by atoms with Crippen molar-refractivity contribution in [2.45, 2.75) is 31.4 Å². The summed E-state index contributed by atoms with van der Waals surface area (Å²) in [7, 11) is 1.66. The van der Waals surface area contributed by atoms with E-state index in [1.165, 1.54) is 19.2 Å². The first-order chi connectivity index (χ1) is 17.5. The number of carboxylic acids is 1. The smallest absolute Gasteiger partial charge is 0.480 e. The van der Waals surface area contributed by atoms with Crippen molar-refractivity contribution in [2.75, 3.05) is 19.7 Å². The topological polar surface area (TPSA) is 118 Å². The zero-order valence-corrected chi connectivity index (χ0v) is 19.8. The molecule has 1 aromatic carbocycles. The zero-order chi connectivity index (χ0) is 26.9. The molecule has 0 radical (unpaired) electrons. The van der Waals surface area contributed by atoms with Crippen LogP contribution < -0.4 is 5.32 Å². The van der Waals surface area contributed by atoms with Crippen LogP contribution in [-0.4, -0.2) is 69.2 Å². The molecule has 14 heteroatoms. The number of ether oxygens (including phenoxy) is 2. The quantitative estimate of drug-likeness (QED) is 0.419. The molecule has 2 aromatic rings. The van der Waals surface area contributed by atoms with Crippen molar-refractivity contribution in [3.05, 3.63) is 65.1 Å². The van der Waals surface area contributed by atoms with Gasteiger partial charge in [0.05, 0.1) is 18.8 Å². The number of carbonyl (C=O) groups is 2. The Labute approximate surface area is 208 Å². The number of aliphatic imine (C=N–C) groups is 1. The van der Waals surface area contributed by atoms with Gasteiger partial charge in [0, 0.05) is 32.4 Å². The molecule has 0 saturated carbocycles. The molecule has 0 bridgehead atoms. The second-order valence-electron chi connectivity index (χ2n) is 8.49. The van der Waals surface area contributed by atoms with Crippen molar-refractivity contribution in [2.24, 2.45) is 12.0 Å². The number of nitrogens with zero attached hydrogens (tertiary/aromatic N) is 4. The predicted octanol–water partition coefficient (Wildman–Crippen LogP) is 2.97. The van der Waals surface area contributed by atoms with E-state index in [0.717, 1.165) is 17.0 Å². The van der Waals surface area contributed by atoms with Crippen LogP contribution in [0.5, 0.6) is 0 Å². The molecular weight excluding hydrogens is 502 g/mol. The van der Waals surface area contributed by atoms with Crippen molar-refractivity contribution in [3.8, 4) is 0 Å². The lowest BCUT2D eigenvalue weighted by molar-refractivity contribution is -0.142. The van der Waals surface area contributed by atoms with Crippen molar-refractivity contribution >= 4 is 18.0 Å². The fourth-order valence-electron chi connectivity index (χ4n) is 4.17. The third kappa shape index (κ3) is 5.58. The van der Waals surface area contributed by atoms with Gasteiger partial charge in [-0.25, -0.2) is 32.3 Å². The van der Waals surface area contributed by atoms with Gasteiger partial charge >= 0.3 is 12.1 Å². The predicted molar refractivity (Wildman–Crippen MR) is 120 cm³/mol. The van der Waals surface area contributed by atoms with E-state index in [9.17, 15) is 32.3 Å². The Hall–Kier alpha value is -3.94. The van der Waals surface area contributed by atoms with E-state index in [2.05, 4.69) is 15.3 Å². The molecule has 2 atom stereocenters. The molecule has 10 nitrogen and oxygen atoms in total. The fourth-order valence-corrected chi connectivity index (χ4v) is 4.17. The van der Waals surface area contributed by atoms with Gasteiger partial charge in [0.2, 0.25) is 0 Å². The molecule has 0 amide bonds. The molecule has 37 heavy (non-hydrogen) atoms. The number of benzene rings is 1. The monoisotopic (exact) mass is 525 g/mol. The summed E-state index contributed by atoms with van der Waals surface area (Å²) in [5.41, 5.74) is 0.0742. The number of hydrogen-bond acceptors (Lipinski definition) is 8. The fraction of sp³-hybridized carbons (Fsp3) is 0.391. The standard InChI is InChI=1S/C23H23F4N5O5/c1-3-36-22(35)37-18-15(10-32-11-23(26,27)9-16(32)21(33)34)29-19(20-28-6-7-31(20)2)30-17(18)12-4-5-13(24)14(25)8-12/h4-8,16-17H,3,9-11H2,1-2H3,(H,29,30)(H,33,34)/t16-,17-/m0/s1. The number of nitrogens with one attached hydrogen (secondary N) is 1. The maximum atomic E-state index is 14.2. The van der Waals surface area contributed by atoms with E-state index in [1.54, 1.807) is 17.8 Å². The third-order valence-electron chi connectivity index (χ3n) is 5.83. The maximum Gasteiger partial charge on any atom is 0.513 e. The number of aryl methyl sites for hydroxylation is 1. The first-order valence-corrected chi connectivity index (χ1v) is 11.2. The molecule has 1 saturated heterocycles. The van der Waals surface area contributed by atoms with Crippen LogP contribution in [0, 0.1) is 11.6 Å². The summed E-state index contributed by atoms with van der Waals surface area (Å²) in [4.78, 5) is 33.7. The van der Waals surface area contributed by atoms with Crippen LogP contribution in [0.3, 0.4) is 0 Å². The van der Waals surface area contributed by atoms with E-state index in [-0.39, 0.29) is 29.5 Å². The highest BCUT2D eigenvalue weighted by Crippen LogP contribution is 2.36. The number of aliphatic carboxylic acids is 1.